The topological polar surface area (TPSA) is 8.17 Å². The van der Waals surface area contributed by atoms with Crippen LogP contribution >= 0.6 is 11.3 Å². The minimum absolute atomic E-state index is 0.258. The quantitative estimate of drug-likeness (QED) is 0.156. The summed E-state index contributed by atoms with van der Waals surface area (Å²) in [5.74, 6) is 0.258. The average molecular weight is 799 g/mol. The van der Waals surface area contributed by atoms with Gasteiger partial charge in [0.05, 0.1) is 11.0 Å². The van der Waals surface area contributed by atoms with Crippen LogP contribution in [0.3, 0.4) is 0 Å². The van der Waals surface area contributed by atoms with Gasteiger partial charge in [-0.05, 0) is 125 Å². The van der Waals surface area contributed by atoms with E-state index in [1.54, 1.807) is 0 Å². The van der Waals surface area contributed by atoms with E-state index in [-0.39, 0.29) is 5.92 Å². The van der Waals surface area contributed by atoms with E-state index in [4.69, 9.17) is 0 Å². The van der Waals surface area contributed by atoms with Crippen LogP contribution in [-0.4, -0.2) is 4.57 Å². The molecule has 2 aromatic heterocycles. The minimum atomic E-state index is 0.258. The maximum Gasteiger partial charge on any atom is 0.0544 e. The Morgan fingerprint density at radius 2 is 1.18 bits per heavy atom. The number of benzene rings is 8. The molecule has 0 N–H and O–H groups in total. The van der Waals surface area contributed by atoms with Gasteiger partial charge in [0.25, 0.3) is 0 Å². The van der Waals surface area contributed by atoms with E-state index in [2.05, 4.69) is 222 Å². The number of anilines is 2. The fraction of sp³-hybridized carbons (Fsp3) is 0.0690. The largest absolute Gasteiger partial charge is 0.313 e. The molecule has 1 atom stereocenters. The number of fused-ring (bicyclic) bond motifs is 7. The zero-order valence-corrected chi connectivity index (χ0v) is 34.5. The molecule has 12 rings (SSSR count). The van der Waals surface area contributed by atoms with Crippen molar-refractivity contribution in [2.24, 2.45) is 0 Å². The number of nitrogens with zero attached hydrogens (tertiary/aromatic N) is 2. The summed E-state index contributed by atoms with van der Waals surface area (Å²) >= 11 is 1.89. The smallest absolute Gasteiger partial charge is 0.0544 e. The number of para-hydroxylation sites is 1. The molecule has 290 valence electrons. The van der Waals surface area contributed by atoms with Crippen molar-refractivity contribution in [3.05, 3.63) is 229 Å². The highest BCUT2D eigenvalue weighted by molar-refractivity contribution is 7.25. The third kappa shape index (κ3) is 6.24. The zero-order chi connectivity index (χ0) is 40.3. The normalized spacial score (nSPS) is 15.4. The molecule has 61 heavy (non-hydrogen) atoms. The van der Waals surface area contributed by atoms with E-state index < -0.39 is 0 Å². The summed E-state index contributed by atoms with van der Waals surface area (Å²) in [6.45, 7) is 0. The third-order valence-electron chi connectivity index (χ3n) is 12.8. The molecule has 0 spiro atoms. The number of thiophene rings is 1. The molecule has 0 fully saturated rings. The summed E-state index contributed by atoms with van der Waals surface area (Å²) < 4.78 is 5.20. The summed E-state index contributed by atoms with van der Waals surface area (Å²) in [5, 5.41) is 7.92. The van der Waals surface area contributed by atoms with Gasteiger partial charge in [0.1, 0.15) is 0 Å². The van der Waals surface area contributed by atoms with Crippen LogP contribution in [0.25, 0.3) is 75.1 Å². The monoisotopic (exact) mass is 798 g/mol. The van der Waals surface area contributed by atoms with Crippen molar-refractivity contribution < 1.29 is 0 Å². The number of hydrogen-bond donors (Lipinski definition) is 0. The van der Waals surface area contributed by atoms with Crippen LogP contribution in [0.2, 0.25) is 0 Å². The highest BCUT2D eigenvalue weighted by Crippen LogP contribution is 2.43. The van der Waals surface area contributed by atoms with Gasteiger partial charge >= 0.3 is 0 Å². The fourth-order valence-corrected chi connectivity index (χ4v) is 11.0. The van der Waals surface area contributed by atoms with Gasteiger partial charge < -0.3 is 9.47 Å². The number of aromatic nitrogens is 1. The molecular formula is C58H42N2S. The SMILES string of the molecule is C1=CC(N(c2ccc(C3=CC=C(n4c5ccccc5c5cc6ccccc6cc54)CC3)cc2)c2ccc(-c3ccccc3)cc2)=CC(c2cccc3sc4ccccc4c23)C1. The molecule has 0 amide bonds. The lowest BCUT2D eigenvalue weighted by atomic mass is 9.88. The second-order valence-electron chi connectivity index (χ2n) is 16.4. The Morgan fingerprint density at radius 1 is 0.508 bits per heavy atom. The van der Waals surface area contributed by atoms with E-state index in [0.29, 0.717) is 0 Å². The van der Waals surface area contributed by atoms with E-state index in [1.165, 1.54) is 92.0 Å². The minimum Gasteiger partial charge on any atom is -0.313 e. The maximum absolute atomic E-state index is 2.49. The summed E-state index contributed by atoms with van der Waals surface area (Å²) in [6, 6.07) is 67.0. The number of hydrogen-bond acceptors (Lipinski definition) is 2. The lowest BCUT2D eigenvalue weighted by Crippen LogP contribution is -2.18. The number of rotatable bonds is 7. The van der Waals surface area contributed by atoms with Gasteiger partial charge in [0.15, 0.2) is 0 Å². The molecule has 10 aromatic rings. The second-order valence-corrected chi connectivity index (χ2v) is 17.5. The predicted octanol–water partition coefficient (Wildman–Crippen LogP) is 16.5. The Labute approximate surface area is 359 Å². The van der Waals surface area contributed by atoms with Crippen LogP contribution in [0, 0.1) is 0 Å². The first-order chi connectivity index (χ1) is 30.2. The molecule has 0 radical (unpaired) electrons. The van der Waals surface area contributed by atoms with E-state index in [9.17, 15) is 0 Å². The lowest BCUT2D eigenvalue weighted by molar-refractivity contribution is 0.846. The van der Waals surface area contributed by atoms with Gasteiger partial charge in [-0.25, -0.2) is 0 Å². The summed E-state index contributed by atoms with van der Waals surface area (Å²) in [5.41, 5.74) is 13.8. The van der Waals surface area contributed by atoms with Crippen LogP contribution in [0.15, 0.2) is 218 Å². The van der Waals surface area contributed by atoms with Crippen molar-refractivity contribution in [2.75, 3.05) is 4.90 Å². The molecule has 2 nitrogen and oxygen atoms in total. The van der Waals surface area contributed by atoms with Gasteiger partial charge in [-0.2, -0.15) is 0 Å². The first kappa shape index (κ1) is 35.7. The molecular weight excluding hydrogens is 757 g/mol. The van der Waals surface area contributed by atoms with Crippen molar-refractivity contribution in [3.63, 3.8) is 0 Å². The summed E-state index contributed by atoms with van der Waals surface area (Å²) in [6.07, 6.45) is 14.8. The Bertz CT molecular complexity index is 3430. The molecule has 2 aliphatic carbocycles. The standard InChI is InChI=1S/C58H42N2S/c1-2-12-39(13-3-1)40-24-30-46(31-25-40)59(49-17-10-16-45(36-49)50-20-11-23-57-58(50)52-19-7-9-22-56(52)61-57)47-32-26-41(27-33-47)42-28-34-48(35-29-42)60-54-21-8-6-18-51(54)53-37-43-14-4-5-15-44(43)38-55(53)60/h1-15,17-28,30-34,36-38,45H,16,29,35H2. The van der Waals surface area contributed by atoms with Gasteiger partial charge in [-0.1, -0.05) is 146 Å². The highest BCUT2D eigenvalue weighted by Gasteiger charge is 2.23. The van der Waals surface area contributed by atoms with Crippen molar-refractivity contribution in [1.29, 1.82) is 0 Å². The van der Waals surface area contributed by atoms with Crippen LogP contribution in [0.5, 0.6) is 0 Å². The molecule has 8 aromatic carbocycles. The fourth-order valence-electron chi connectivity index (χ4n) is 9.86. The first-order valence-corrected chi connectivity index (χ1v) is 22.2. The number of allylic oxidation sites excluding steroid dienone is 7. The lowest BCUT2D eigenvalue weighted by Gasteiger charge is -2.30. The van der Waals surface area contributed by atoms with Crippen molar-refractivity contribution in [3.8, 4) is 11.1 Å². The van der Waals surface area contributed by atoms with E-state index in [1.807, 2.05) is 11.3 Å². The van der Waals surface area contributed by atoms with E-state index in [0.717, 1.165) is 30.6 Å². The van der Waals surface area contributed by atoms with Gasteiger partial charge in [-0.15, -0.1) is 11.3 Å². The molecule has 1 unspecified atom stereocenters. The van der Waals surface area contributed by atoms with Crippen LogP contribution in [0.4, 0.5) is 11.4 Å². The molecule has 2 aliphatic rings. The van der Waals surface area contributed by atoms with Gasteiger partial charge in [0.2, 0.25) is 0 Å². The molecule has 0 aliphatic heterocycles. The third-order valence-corrected chi connectivity index (χ3v) is 14.0. The second kappa shape index (κ2) is 14.8. The zero-order valence-electron chi connectivity index (χ0n) is 33.7. The van der Waals surface area contributed by atoms with Crippen molar-refractivity contribution >= 4 is 86.7 Å². The van der Waals surface area contributed by atoms with Crippen LogP contribution in [0.1, 0.15) is 36.3 Å². The summed E-state index contributed by atoms with van der Waals surface area (Å²) in [7, 11) is 0. The van der Waals surface area contributed by atoms with Crippen LogP contribution < -0.4 is 4.90 Å². The molecule has 0 bridgehead atoms. The Balaban J connectivity index is 0.912. The van der Waals surface area contributed by atoms with Gasteiger partial charge in [0, 0.05) is 59.6 Å². The average Bonchev–Trinajstić information content (AvgIpc) is 3.87. The first-order valence-electron chi connectivity index (χ1n) is 21.4. The van der Waals surface area contributed by atoms with E-state index >= 15 is 0 Å². The molecule has 0 saturated carbocycles. The Morgan fingerprint density at radius 3 is 1.97 bits per heavy atom. The molecule has 3 heteroatoms. The Kier molecular flexibility index (Phi) is 8.67. The molecule has 2 heterocycles. The van der Waals surface area contributed by atoms with Crippen molar-refractivity contribution in [2.45, 2.75) is 25.2 Å². The van der Waals surface area contributed by atoms with Crippen molar-refractivity contribution in [1.82, 2.24) is 4.57 Å². The maximum atomic E-state index is 2.49. The highest BCUT2D eigenvalue weighted by atomic mass is 32.1. The summed E-state index contributed by atoms with van der Waals surface area (Å²) in [4.78, 5) is 2.44. The van der Waals surface area contributed by atoms with Gasteiger partial charge in [-0.3, -0.25) is 0 Å². The Hall–Kier alpha value is -7.20. The predicted molar refractivity (Wildman–Crippen MR) is 263 cm³/mol. The van der Waals surface area contributed by atoms with Crippen LogP contribution in [-0.2, 0) is 0 Å². The molecule has 0 saturated heterocycles.